The topological polar surface area (TPSA) is 49.4 Å². The number of rotatable bonds is 5. The molecule has 0 spiro atoms. The van der Waals surface area contributed by atoms with Gasteiger partial charge in [0.1, 0.15) is 0 Å². The second-order valence-corrected chi connectivity index (χ2v) is 5.70. The van der Waals surface area contributed by atoms with Crippen LogP contribution in [0.2, 0.25) is 0 Å². The van der Waals surface area contributed by atoms with Crippen molar-refractivity contribution in [3.63, 3.8) is 0 Å². The van der Waals surface area contributed by atoms with E-state index in [-0.39, 0.29) is 17.7 Å². The molecule has 1 heterocycles. The number of ketones is 1. The fraction of sp³-hybridized carbons (Fsp3) is 0.529. The van der Waals surface area contributed by atoms with E-state index in [0.717, 1.165) is 36.9 Å². The Kier molecular flexibility index (Phi) is 5.51. The number of nitrogens with one attached hydrogen (secondary N) is 1. The molecule has 1 N–H and O–H groups in total. The summed E-state index contributed by atoms with van der Waals surface area (Å²) >= 11 is 0. The van der Waals surface area contributed by atoms with Crippen LogP contribution in [0.25, 0.3) is 0 Å². The number of carbonyl (C=O) groups is 2. The first-order valence-electron chi connectivity index (χ1n) is 7.67. The third-order valence-corrected chi connectivity index (χ3v) is 4.16. The van der Waals surface area contributed by atoms with Crippen molar-refractivity contribution in [2.75, 3.05) is 20.1 Å². The fourth-order valence-corrected chi connectivity index (χ4v) is 2.85. The van der Waals surface area contributed by atoms with Gasteiger partial charge in [0.25, 0.3) is 0 Å². The molecule has 2 rings (SSSR count). The highest BCUT2D eigenvalue weighted by molar-refractivity contribution is 5.96. The van der Waals surface area contributed by atoms with Crippen LogP contribution in [0.3, 0.4) is 0 Å². The molecule has 1 amide bonds. The molecule has 4 heteroatoms. The first kappa shape index (κ1) is 15.7. The second-order valence-electron chi connectivity index (χ2n) is 5.70. The van der Waals surface area contributed by atoms with Crippen molar-refractivity contribution in [3.05, 3.63) is 35.4 Å². The van der Waals surface area contributed by atoms with E-state index in [4.69, 9.17) is 0 Å². The number of carbonyl (C=O) groups excluding carboxylic acids is 2. The molecule has 1 aromatic carbocycles. The van der Waals surface area contributed by atoms with Crippen LogP contribution in [0, 0.1) is 6.92 Å². The van der Waals surface area contributed by atoms with Crippen molar-refractivity contribution in [1.29, 1.82) is 0 Å². The van der Waals surface area contributed by atoms with E-state index in [0.29, 0.717) is 13.0 Å². The number of hydrogen-bond acceptors (Lipinski definition) is 3. The molecular weight excluding hydrogens is 264 g/mol. The molecule has 0 bridgehead atoms. The standard InChI is InChI=1S/C17H24N2O2/c1-13-6-8-14(9-7-13)16(20)10-12-19-11-4-3-5-15(19)17(21)18-2/h6-9,15H,3-5,10-12H2,1-2H3,(H,18,21)/t15-/m1/s1. The summed E-state index contributed by atoms with van der Waals surface area (Å²) in [6.45, 7) is 3.57. The molecule has 0 aliphatic carbocycles. The van der Waals surface area contributed by atoms with Gasteiger partial charge in [-0.1, -0.05) is 36.2 Å². The van der Waals surface area contributed by atoms with E-state index < -0.39 is 0 Å². The van der Waals surface area contributed by atoms with E-state index in [2.05, 4.69) is 10.2 Å². The number of likely N-dealkylation sites (tertiary alicyclic amines) is 1. The van der Waals surface area contributed by atoms with Crippen LogP contribution >= 0.6 is 0 Å². The molecular formula is C17H24N2O2. The molecule has 1 saturated heterocycles. The highest BCUT2D eigenvalue weighted by Gasteiger charge is 2.27. The summed E-state index contributed by atoms with van der Waals surface area (Å²) in [5.41, 5.74) is 1.91. The zero-order chi connectivity index (χ0) is 15.2. The summed E-state index contributed by atoms with van der Waals surface area (Å²) in [7, 11) is 1.67. The predicted octanol–water partition coefficient (Wildman–Crippen LogP) is 2.17. The first-order valence-corrected chi connectivity index (χ1v) is 7.67. The van der Waals surface area contributed by atoms with Crippen molar-refractivity contribution < 1.29 is 9.59 Å². The van der Waals surface area contributed by atoms with E-state index >= 15 is 0 Å². The van der Waals surface area contributed by atoms with Crippen LogP contribution in [0.1, 0.15) is 41.6 Å². The minimum Gasteiger partial charge on any atom is -0.358 e. The van der Waals surface area contributed by atoms with Crippen LogP contribution < -0.4 is 5.32 Å². The maximum Gasteiger partial charge on any atom is 0.237 e. The van der Waals surface area contributed by atoms with Gasteiger partial charge >= 0.3 is 0 Å². The average molecular weight is 288 g/mol. The van der Waals surface area contributed by atoms with E-state index in [9.17, 15) is 9.59 Å². The van der Waals surface area contributed by atoms with E-state index in [1.54, 1.807) is 7.05 Å². The van der Waals surface area contributed by atoms with Gasteiger partial charge < -0.3 is 5.32 Å². The first-order chi connectivity index (χ1) is 10.1. The highest BCUT2D eigenvalue weighted by atomic mass is 16.2. The van der Waals surface area contributed by atoms with Gasteiger partial charge in [0.05, 0.1) is 6.04 Å². The quantitative estimate of drug-likeness (QED) is 0.845. The lowest BCUT2D eigenvalue weighted by Crippen LogP contribution is -2.49. The van der Waals surface area contributed by atoms with Crippen molar-refractivity contribution in [1.82, 2.24) is 10.2 Å². The minimum atomic E-state index is -0.0745. The summed E-state index contributed by atoms with van der Waals surface area (Å²) in [5.74, 6) is 0.216. The highest BCUT2D eigenvalue weighted by Crippen LogP contribution is 2.18. The molecule has 1 aromatic rings. The molecule has 1 atom stereocenters. The van der Waals surface area contributed by atoms with Crippen molar-refractivity contribution >= 4 is 11.7 Å². The molecule has 1 aliphatic rings. The zero-order valence-electron chi connectivity index (χ0n) is 12.9. The maximum atomic E-state index is 12.2. The summed E-state index contributed by atoms with van der Waals surface area (Å²) in [4.78, 5) is 26.3. The van der Waals surface area contributed by atoms with Crippen LogP contribution in [-0.2, 0) is 4.79 Å². The van der Waals surface area contributed by atoms with Gasteiger partial charge in [-0.25, -0.2) is 0 Å². The van der Waals surface area contributed by atoms with E-state index in [1.165, 1.54) is 0 Å². The molecule has 114 valence electrons. The van der Waals surface area contributed by atoms with Gasteiger partial charge in [0.15, 0.2) is 5.78 Å². The van der Waals surface area contributed by atoms with Gasteiger partial charge in [-0.2, -0.15) is 0 Å². The Morgan fingerprint density at radius 2 is 1.95 bits per heavy atom. The molecule has 1 aliphatic heterocycles. The Morgan fingerprint density at radius 3 is 2.62 bits per heavy atom. The molecule has 1 fully saturated rings. The summed E-state index contributed by atoms with van der Waals surface area (Å²) < 4.78 is 0. The Hall–Kier alpha value is -1.68. The predicted molar refractivity (Wildman–Crippen MR) is 83.4 cm³/mol. The molecule has 4 nitrogen and oxygen atoms in total. The Bertz CT molecular complexity index is 496. The fourth-order valence-electron chi connectivity index (χ4n) is 2.85. The van der Waals surface area contributed by atoms with Gasteiger partial charge in [-0.3, -0.25) is 14.5 Å². The van der Waals surface area contributed by atoms with Crippen molar-refractivity contribution in [2.24, 2.45) is 0 Å². The summed E-state index contributed by atoms with van der Waals surface area (Å²) in [6, 6.07) is 7.60. The lowest BCUT2D eigenvalue weighted by Gasteiger charge is -2.34. The SMILES string of the molecule is CNC(=O)[C@H]1CCCCN1CCC(=O)c1ccc(C)cc1. The van der Waals surface area contributed by atoms with Gasteiger partial charge in [-0.15, -0.1) is 0 Å². The largest absolute Gasteiger partial charge is 0.358 e. The molecule has 21 heavy (non-hydrogen) atoms. The normalized spacial score (nSPS) is 19.2. The van der Waals surface area contributed by atoms with Crippen LogP contribution in [0.15, 0.2) is 24.3 Å². The third-order valence-electron chi connectivity index (χ3n) is 4.16. The summed E-state index contributed by atoms with van der Waals surface area (Å²) in [5, 5.41) is 2.72. The number of amides is 1. The average Bonchev–Trinajstić information content (AvgIpc) is 2.52. The van der Waals surface area contributed by atoms with Crippen molar-refractivity contribution in [2.45, 2.75) is 38.6 Å². The van der Waals surface area contributed by atoms with Crippen LogP contribution in [-0.4, -0.2) is 42.8 Å². The number of piperidine rings is 1. The number of hydrogen-bond donors (Lipinski definition) is 1. The maximum absolute atomic E-state index is 12.2. The third kappa shape index (κ3) is 4.14. The zero-order valence-corrected chi connectivity index (χ0v) is 12.9. The Balaban J connectivity index is 1.92. The lowest BCUT2D eigenvalue weighted by molar-refractivity contribution is -0.127. The minimum absolute atomic E-state index is 0.0671. The Morgan fingerprint density at radius 1 is 1.24 bits per heavy atom. The van der Waals surface area contributed by atoms with Crippen molar-refractivity contribution in [3.8, 4) is 0 Å². The van der Waals surface area contributed by atoms with E-state index in [1.807, 2.05) is 31.2 Å². The second kappa shape index (κ2) is 7.36. The molecule has 0 aromatic heterocycles. The van der Waals surface area contributed by atoms with Gasteiger partial charge in [0, 0.05) is 25.6 Å². The number of nitrogens with zero attached hydrogens (tertiary/aromatic N) is 1. The number of aryl methyl sites for hydroxylation is 1. The monoisotopic (exact) mass is 288 g/mol. The lowest BCUT2D eigenvalue weighted by atomic mass is 10.00. The number of Topliss-reactive ketones (excluding diaryl/α,β-unsaturated/α-hetero) is 1. The van der Waals surface area contributed by atoms with Crippen LogP contribution in [0.5, 0.6) is 0 Å². The summed E-state index contributed by atoms with van der Waals surface area (Å²) in [6.07, 6.45) is 3.54. The van der Waals surface area contributed by atoms with Gasteiger partial charge in [0.2, 0.25) is 5.91 Å². The Labute approximate surface area is 126 Å². The molecule has 0 unspecified atom stereocenters. The number of likely N-dealkylation sites (N-methyl/N-ethyl adjacent to an activating group) is 1. The smallest absolute Gasteiger partial charge is 0.237 e. The molecule has 0 radical (unpaired) electrons. The number of benzene rings is 1. The van der Waals surface area contributed by atoms with Gasteiger partial charge in [-0.05, 0) is 26.3 Å². The van der Waals surface area contributed by atoms with Crippen LogP contribution in [0.4, 0.5) is 0 Å². The molecule has 0 saturated carbocycles.